The van der Waals surface area contributed by atoms with Crippen LogP contribution in [0.1, 0.15) is 35.7 Å². The summed E-state index contributed by atoms with van der Waals surface area (Å²) in [5.41, 5.74) is 1.60. The van der Waals surface area contributed by atoms with Gasteiger partial charge in [-0.05, 0) is 49.7 Å². The third kappa shape index (κ3) is 6.05. The van der Waals surface area contributed by atoms with Crippen molar-refractivity contribution in [2.24, 2.45) is 0 Å². The molecule has 0 heterocycles. The smallest absolute Gasteiger partial charge is 0.338 e. The zero-order valence-electron chi connectivity index (χ0n) is 16.8. The first-order valence-corrected chi connectivity index (χ1v) is 10.8. The van der Waals surface area contributed by atoms with Crippen molar-refractivity contribution in [3.63, 3.8) is 0 Å². The zero-order valence-corrected chi connectivity index (χ0v) is 17.7. The zero-order chi connectivity index (χ0) is 21.4. The van der Waals surface area contributed by atoms with Gasteiger partial charge in [0, 0.05) is 13.6 Å². The summed E-state index contributed by atoms with van der Waals surface area (Å²) in [6.07, 6.45) is 1.82. The highest BCUT2D eigenvalue weighted by molar-refractivity contribution is 7.92. The molecule has 0 aliphatic carbocycles. The van der Waals surface area contributed by atoms with E-state index in [1.54, 1.807) is 24.3 Å². The van der Waals surface area contributed by atoms with Crippen molar-refractivity contribution in [2.45, 2.75) is 31.6 Å². The predicted octanol–water partition coefficient (Wildman–Crippen LogP) is 2.89. The fourth-order valence-electron chi connectivity index (χ4n) is 2.48. The second-order valence-electron chi connectivity index (χ2n) is 6.61. The number of hydrogen-bond donors (Lipinski definition) is 1. The van der Waals surface area contributed by atoms with Crippen LogP contribution in [-0.2, 0) is 19.6 Å². The molecule has 156 valence electrons. The van der Waals surface area contributed by atoms with Crippen molar-refractivity contribution in [2.75, 3.05) is 24.5 Å². The van der Waals surface area contributed by atoms with Gasteiger partial charge in [-0.1, -0.05) is 31.0 Å². The highest BCUT2D eigenvalue weighted by Crippen LogP contribution is 2.22. The molecule has 0 aliphatic rings. The normalized spacial score (nSPS) is 11.0. The van der Waals surface area contributed by atoms with E-state index in [2.05, 4.69) is 5.32 Å². The van der Waals surface area contributed by atoms with E-state index in [0.29, 0.717) is 12.2 Å². The number of esters is 1. The molecule has 0 aromatic heterocycles. The number of sulfonamides is 1. The lowest BCUT2D eigenvalue weighted by Crippen LogP contribution is -2.29. The van der Waals surface area contributed by atoms with Crippen LogP contribution in [0.4, 0.5) is 5.69 Å². The molecule has 0 aliphatic heterocycles. The van der Waals surface area contributed by atoms with E-state index < -0.39 is 16.0 Å². The lowest BCUT2D eigenvalue weighted by Gasteiger charge is -2.19. The first kappa shape index (κ1) is 22.4. The molecule has 2 aromatic rings. The van der Waals surface area contributed by atoms with E-state index >= 15 is 0 Å². The van der Waals surface area contributed by atoms with Crippen LogP contribution in [0.25, 0.3) is 0 Å². The van der Waals surface area contributed by atoms with Crippen molar-refractivity contribution in [1.82, 2.24) is 5.32 Å². The topological polar surface area (TPSA) is 92.8 Å². The summed E-state index contributed by atoms with van der Waals surface area (Å²) in [4.78, 5) is 23.9. The van der Waals surface area contributed by atoms with Gasteiger partial charge >= 0.3 is 5.97 Å². The fourth-order valence-corrected chi connectivity index (χ4v) is 3.68. The first-order valence-electron chi connectivity index (χ1n) is 9.35. The molecule has 2 aromatic carbocycles. The minimum atomic E-state index is -3.71. The second-order valence-corrected chi connectivity index (χ2v) is 8.58. The maximum absolute atomic E-state index is 12.7. The average molecular weight is 419 g/mol. The predicted molar refractivity (Wildman–Crippen MR) is 111 cm³/mol. The minimum Gasteiger partial charge on any atom is -0.452 e. The summed E-state index contributed by atoms with van der Waals surface area (Å²) in [5.74, 6) is -1.00. The average Bonchev–Trinajstić information content (AvgIpc) is 2.72. The Morgan fingerprint density at radius 3 is 2.24 bits per heavy atom. The number of carbonyl (C=O) groups is 2. The molecule has 0 atom stereocenters. The molecule has 0 fully saturated rings. The lowest BCUT2D eigenvalue weighted by atomic mass is 10.2. The Morgan fingerprint density at radius 1 is 1.03 bits per heavy atom. The first-order chi connectivity index (χ1) is 13.8. The van der Waals surface area contributed by atoms with Crippen LogP contribution in [0.2, 0.25) is 0 Å². The minimum absolute atomic E-state index is 0.183. The van der Waals surface area contributed by atoms with E-state index in [9.17, 15) is 18.0 Å². The quantitative estimate of drug-likeness (QED) is 0.499. The number of ether oxygens (including phenoxy) is 1. The van der Waals surface area contributed by atoms with E-state index in [4.69, 9.17) is 4.74 Å². The summed E-state index contributed by atoms with van der Waals surface area (Å²) in [5, 5.41) is 2.66. The molecule has 0 radical (unpaired) electrons. The number of rotatable bonds is 9. The van der Waals surface area contributed by atoms with Crippen LogP contribution < -0.4 is 9.62 Å². The number of anilines is 1. The number of aryl methyl sites for hydroxylation is 1. The summed E-state index contributed by atoms with van der Waals surface area (Å²) in [6, 6.07) is 12.5. The summed E-state index contributed by atoms with van der Waals surface area (Å²) in [6.45, 7) is 4.08. The van der Waals surface area contributed by atoms with Crippen LogP contribution >= 0.6 is 0 Å². The number of hydrogen-bond acceptors (Lipinski definition) is 5. The molecular formula is C21H26N2O5S. The van der Waals surface area contributed by atoms with Gasteiger partial charge in [0.15, 0.2) is 6.61 Å². The van der Waals surface area contributed by atoms with Gasteiger partial charge in [0.05, 0.1) is 16.1 Å². The maximum atomic E-state index is 12.7. The molecule has 0 spiro atoms. The Kier molecular flexibility index (Phi) is 7.78. The monoisotopic (exact) mass is 418 g/mol. The lowest BCUT2D eigenvalue weighted by molar-refractivity contribution is -0.124. The fraction of sp³-hybridized carbons (Fsp3) is 0.333. The number of unbranched alkanes of at least 4 members (excludes halogenated alkanes) is 1. The number of benzene rings is 2. The van der Waals surface area contributed by atoms with Gasteiger partial charge in [-0.25, -0.2) is 13.2 Å². The van der Waals surface area contributed by atoms with Gasteiger partial charge in [0.2, 0.25) is 0 Å². The van der Waals surface area contributed by atoms with Crippen LogP contribution in [0.3, 0.4) is 0 Å². The Hall–Kier alpha value is -2.87. The second kappa shape index (κ2) is 10.1. The highest BCUT2D eigenvalue weighted by Gasteiger charge is 2.21. The number of nitrogens with one attached hydrogen (secondary N) is 1. The van der Waals surface area contributed by atoms with Gasteiger partial charge in [-0.2, -0.15) is 0 Å². The number of carbonyl (C=O) groups excluding carboxylic acids is 2. The highest BCUT2D eigenvalue weighted by atomic mass is 32.2. The van der Waals surface area contributed by atoms with Crippen LogP contribution in [0.15, 0.2) is 53.4 Å². The largest absolute Gasteiger partial charge is 0.452 e. The molecule has 1 N–H and O–H groups in total. The molecule has 0 bridgehead atoms. The number of nitrogens with zero attached hydrogens (tertiary/aromatic N) is 1. The summed E-state index contributed by atoms with van der Waals surface area (Å²) >= 11 is 0. The maximum Gasteiger partial charge on any atom is 0.338 e. The SMILES string of the molecule is CCCCNC(=O)COC(=O)c1ccc(N(C)S(=O)(=O)c2ccc(C)cc2)cc1. The van der Waals surface area contributed by atoms with E-state index in [1.165, 1.54) is 31.3 Å². The van der Waals surface area contributed by atoms with Gasteiger partial charge < -0.3 is 10.1 Å². The third-order valence-electron chi connectivity index (χ3n) is 4.33. The Balaban J connectivity index is 2.00. The Bertz CT molecular complexity index is 938. The Morgan fingerprint density at radius 2 is 1.66 bits per heavy atom. The number of amides is 1. The van der Waals surface area contributed by atoms with Crippen LogP contribution in [-0.4, -0.2) is 40.5 Å². The van der Waals surface area contributed by atoms with Crippen LogP contribution in [0.5, 0.6) is 0 Å². The summed E-state index contributed by atoms with van der Waals surface area (Å²) < 4.78 is 31.6. The van der Waals surface area contributed by atoms with Crippen LogP contribution in [0, 0.1) is 6.92 Å². The molecule has 0 saturated carbocycles. The van der Waals surface area contributed by atoms with Crippen molar-refractivity contribution >= 4 is 27.6 Å². The molecule has 0 unspecified atom stereocenters. The van der Waals surface area contributed by atoms with Gasteiger partial charge in [0.25, 0.3) is 15.9 Å². The van der Waals surface area contributed by atoms with Crippen molar-refractivity contribution in [1.29, 1.82) is 0 Å². The molecule has 7 nitrogen and oxygen atoms in total. The summed E-state index contributed by atoms with van der Waals surface area (Å²) in [7, 11) is -2.26. The van der Waals surface area contributed by atoms with Crippen molar-refractivity contribution in [3.8, 4) is 0 Å². The van der Waals surface area contributed by atoms with E-state index in [-0.39, 0.29) is 23.0 Å². The van der Waals surface area contributed by atoms with E-state index in [0.717, 1.165) is 22.7 Å². The molecule has 1 amide bonds. The van der Waals surface area contributed by atoms with E-state index in [1.807, 2.05) is 13.8 Å². The third-order valence-corrected chi connectivity index (χ3v) is 6.13. The molecule has 0 saturated heterocycles. The molecule has 29 heavy (non-hydrogen) atoms. The van der Waals surface area contributed by atoms with Crippen molar-refractivity contribution in [3.05, 3.63) is 59.7 Å². The van der Waals surface area contributed by atoms with Gasteiger partial charge in [0.1, 0.15) is 0 Å². The standard InChI is InChI=1S/C21H26N2O5S/c1-4-5-14-22-20(24)15-28-21(25)17-8-10-18(11-9-17)23(3)29(26,27)19-12-6-16(2)7-13-19/h6-13H,4-5,14-15H2,1-3H3,(H,22,24). The van der Waals surface area contributed by atoms with Gasteiger partial charge in [-0.15, -0.1) is 0 Å². The Labute approximate surface area is 171 Å². The molecular weight excluding hydrogens is 392 g/mol. The molecule has 8 heteroatoms. The van der Waals surface area contributed by atoms with Crippen molar-refractivity contribution < 1.29 is 22.7 Å². The molecule has 2 rings (SSSR count). The van der Waals surface area contributed by atoms with Gasteiger partial charge in [-0.3, -0.25) is 9.10 Å².